The van der Waals surface area contributed by atoms with Crippen molar-refractivity contribution in [2.24, 2.45) is 0 Å². The number of fused-ring (bicyclic) bond motifs is 1. The summed E-state index contributed by atoms with van der Waals surface area (Å²) in [5, 5.41) is 2.71. The number of methoxy groups -OCH3 is 1. The van der Waals surface area contributed by atoms with Gasteiger partial charge in [0.15, 0.2) is 11.6 Å². The van der Waals surface area contributed by atoms with Crippen LogP contribution in [-0.4, -0.2) is 42.0 Å². The van der Waals surface area contributed by atoms with Gasteiger partial charge in [0.1, 0.15) is 11.4 Å². The molecule has 0 radical (unpaired) electrons. The Bertz CT molecular complexity index is 1160. The molecule has 0 bridgehead atoms. The highest BCUT2D eigenvalue weighted by Crippen LogP contribution is 2.31. The molecule has 2 amide bonds. The number of hydrogen-bond acceptors (Lipinski definition) is 5. The summed E-state index contributed by atoms with van der Waals surface area (Å²) >= 11 is 0. The van der Waals surface area contributed by atoms with Crippen molar-refractivity contribution in [1.29, 1.82) is 0 Å². The molecule has 32 heavy (non-hydrogen) atoms. The van der Waals surface area contributed by atoms with E-state index < -0.39 is 5.82 Å². The van der Waals surface area contributed by atoms with Crippen molar-refractivity contribution in [3.05, 3.63) is 82.6 Å². The SMILES string of the molecule is CCNC(=O)c1ccc(Cc2cc3c(cc2OC)CCN(c2ncccc2F)C3=O)cn1. The van der Waals surface area contributed by atoms with Crippen LogP contribution in [0.4, 0.5) is 10.2 Å². The topological polar surface area (TPSA) is 84.4 Å². The van der Waals surface area contributed by atoms with Crippen molar-refractivity contribution in [2.45, 2.75) is 19.8 Å². The van der Waals surface area contributed by atoms with Crippen LogP contribution in [0.15, 0.2) is 48.8 Å². The van der Waals surface area contributed by atoms with Crippen LogP contribution >= 0.6 is 0 Å². The number of nitrogens with zero attached hydrogens (tertiary/aromatic N) is 3. The first-order chi connectivity index (χ1) is 15.5. The summed E-state index contributed by atoms with van der Waals surface area (Å²) in [6.45, 7) is 2.72. The lowest BCUT2D eigenvalue weighted by molar-refractivity contribution is 0.0948. The minimum absolute atomic E-state index is 0.0330. The zero-order valence-electron chi connectivity index (χ0n) is 17.9. The van der Waals surface area contributed by atoms with Gasteiger partial charge in [0.2, 0.25) is 0 Å². The van der Waals surface area contributed by atoms with Gasteiger partial charge in [-0.05, 0) is 60.4 Å². The number of carbonyl (C=O) groups excluding carboxylic acids is 2. The lowest BCUT2D eigenvalue weighted by atomic mass is 9.93. The molecule has 0 fully saturated rings. The smallest absolute Gasteiger partial charge is 0.269 e. The van der Waals surface area contributed by atoms with Gasteiger partial charge in [-0.15, -0.1) is 0 Å². The summed E-state index contributed by atoms with van der Waals surface area (Å²) in [4.78, 5) is 34.7. The molecule has 2 aromatic heterocycles. The molecule has 7 nitrogen and oxygen atoms in total. The summed E-state index contributed by atoms with van der Waals surface area (Å²) < 4.78 is 19.8. The fraction of sp³-hybridized carbons (Fsp3) is 0.250. The lowest BCUT2D eigenvalue weighted by Gasteiger charge is -2.29. The van der Waals surface area contributed by atoms with Gasteiger partial charge in [0, 0.05) is 37.5 Å². The molecular weight excluding hydrogens is 411 g/mol. The summed E-state index contributed by atoms with van der Waals surface area (Å²) in [5.74, 6) is -0.348. The highest BCUT2D eigenvalue weighted by Gasteiger charge is 2.29. The van der Waals surface area contributed by atoms with Gasteiger partial charge in [-0.25, -0.2) is 9.37 Å². The average Bonchev–Trinajstić information content (AvgIpc) is 2.80. The predicted octanol–water partition coefficient (Wildman–Crippen LogP) is 3.17. The van der Waals surface area contributed by atoms with Gasteiger partial charge in [0.25, 0.3) is 11.8 Å². The first kappa shape index (κ1) is 21.4. The van der Waals surface area contributed by atoms with Crippen LogP contribution in [0.3, 0.4) is 0 Å². The summed E-state index contributed by atoms with van der Waals surface area (Å²) in [6, 6.07) is 9.94. The second-order valence-corrected chi connectivity index (χ2v) is 7.42. The number of benzene rings is 1. The van der Waals surface area contributed by atoms with E-state index in [1.165, 1.54) is 23.2 Å². The second-order valence-electron chi connectivity index (χ2n) is 7.42. The third-order valence-corrected chi connectivity index (χ3v) is 5.37. The van der Waals surface area contributed by atoms with Crippen LogP contribution in [0.2, 0.25) is 0 Å². The molecule has 0 saturated heterocycles. The molecule has 0 atom stereocenters. The number of halogens is 1. The summed E-state index contributed by atoms with van der Waals surface area (Å²) in [5.41, 5.74) is 3.37. The molecule has 1 N–H and O–H groups in total. The van der Waals surface area contributed by atoms with Crippen molar-refractivity contribution in [2.75, 3.05) is 25.1 Å². The number of anilines is 1. The van der Waals surface area contributed by atoms with Gasteiger partial charge in [-0.1, -0.05) is 6.07 Å². The van der Waals surface area contributed by atoms with E-state index in [9.17, 15) is 14.0 Å². The van der Waals surface area contributed by atoms with Crippen LogP contribution in [-0.2, 0) is 12.8 Å². The number of aromatic nitrogens is 2. The van der Waals surface area contributed by atoms with Crippen LogP contribution < -0.4 is 15.0 Å². The molecule has 164 valence electrons. The van der Waals surface area contributed by atoms with Crippen molar-refractivity contribution >= 4 is 17.6 Å². The van der Waals surface area contributed by atoms with Crippen LogP contribution in [0.1, 0.15) is 44.5 Å². The second kappa shape index (κ2) is 9.13. The van der Waals surface area contributed by atoms with E-state index in [0.29, 0.717) is 42.9 Å². The summed E-state index contributed by atoms with van der Waals surface area (Å²) in [7, 11) is 1.59. The quantitative estimate of drug-likeness (QED) is 0.644. The zero-order chi connectivity index (χ0) is 22.7. The van der Waals surface area contributed by atoms with E-state index in [-0.39, 0.29) is 17.6 Å². The molecule has 3 heterocycles. The van der Waals surface area contributed by atoms with Gasteiger partial charge >= 0.3 is 0 Å². The van der Waals surface area contributed by atoms with Crippen LogP contribution in [0.5, 0.6) is 5.75 Å². The minimum Gasteiger partial charge on any atom is -0.496 e. The van der Waals surface area contributed by atoms with E-state index in [2.05, 4.69) is 15.3 Å². The normalized spacial score (nSPS) is 13.0. The molecule has 0 aliphatic carbocycles. The number of nitrogens with one attached hydrogen (secondary N) is 1. The fourth-order valence-corrected chi connectivity index (χ4v) is 3.79. The van der Waals surface area contributed by atoms with Crippen molar-refractivity contribution < 1.29 is 18.7 Å². The minimum atomic E-state index is -0.531. The van der Waals surface area contributed by atoms with Crippen molar-refractivity contribution in [1.82, 2.24) is 15.3 Å². The zero-order valence-corrected chi connectivity index (χ0v) is 17.9. The molecule has 1 aliphatic rings. The number of amides is 2. The standard InChI is InChI=1S/C24H23FN4O3/c1-3-26-23(30)20-7-6-15(14-28-20)11-17-12-18-16(13-21(17)32-2)8-10-29(24(18)31)22-19(25)5-4-9-27-22/h4-7,9,12-14H,3,8,10-11H2,1-2H3,(H,26,30). The monoisotopic (exact) mass is 434 g/mol. The molecule has 0 spiro atoms. The number of hydrogen-bond donors (Lipinski definition) is 1. The van der Waals surface area contributed by atoms with Gasteiger partial charge in [-0.3, -0.25) is 19.5 Å². The fourth-order valence-electron chi connectivity index (χ4n) is 3.79. The Morgan fingerprint density at radius 3 is 2.78 bits per heavy atom. The Hall–Kier alpha value is -3.81. The molecule has 8 heteroatoms. The molecule has 4 rings (SSSR count). The van der Waals surface area contributed by atoms with Gasteiger partial charge < -0.3 is 10.1 Å². The highest BCUT2D eigenvalue weighted by atomic mass is 19.1. The number of ether oxygens (including phenoxy) is 1. The molecule has 3 aromatic rings. The van der Waals surface area contributed by atoms with E-state index in [0.717, 1.165) is 16.7 Å². The molecular formula is C24H23FN4O3. The average molecular weight is 434 g/mol. The Morgan fingerprint density at radius 2 is 2.09 bits per heavy atom. The number of carbonyl (C=O) groups is 2. The third-order valence-electron chi connectivity index (χ3n) is 5.37. The Morgan fingerprint density at radius 1 is 1.25 bits per heavy atom. The lowest BCUT2D eigenvalue weighted by Crippen LogP contribution is -2.38. The van der Waals surface area contributed by atoms with Gasteiger partial charge in [0.05, 0.1) is 7.11 Å². The Balaban J connectivity index is 1.63. The van der Waals surface area contributed by atoms with E-state index in [4.69, 9.17) is 4.74 Å². The van der Waals surface area contributed by atoms with E-state index in [1.54, 1.807) is 25.4 Å². The maximum absolute atomic E-state index is 14.2. The molecule has 1 aliphatic heterocycles. The first-order valence-electron chi connectivity index (χ1n) is 10.4. The first-order valence-corrected chi connectivity index (χ1v) is 10.4. The summed E-state index contributed by atoms with van der Waals surface area (Å²) in [6.07, 6.45) is 4.14. The van der Waals surface area contributed by atoms with Crippen molar-refractivity contribution in [3.63, 3.8) is 0 Å². The third kappa shape index (κ3) is 4.16. The van der Waals surface area contributed by atoms with Crippen LogP contribution in [0, 0.1) is 5.82 Å². The Labute approximate surface area is 185 Å². The van der Waals surface area contributed by atoms with E-state index >= 15 is 0 Å². The maximum Gasteiger partial charge on any atom is 0.269 e. The predicted molar refractivity (Wildman–Crippen MR) is 118 cm³/mol. The van der Waals surface area contributed by atoms with Gasteiger partial charge in [-0.2, -0.15) is 0 Å². The van der Waals surface area contributed by atoms with Crippen molar-refractivity contribution in [3.8, 4) is 5.75 Å². The maximum atomic E-state index is 14.2. The highest BCUT2D eigenvalue weighted by molar-refractivity contribution is 6.08. The molecule has 1 aromatic carbocycles. The molecule has 0 unspecified atom stereocenters. The molecule has 0 saturated carbocycles. The number of pyridine rings is 2. The largest absolute Gasteiger partial charge is 0.496 e. The van der Waals surface area contributed by atoms with E-state index in [1.807, 2.05) is 19.1 Å². The van der Waals surface area contributed by atoms with Crippen LogP contribution in [0.25, 0.3) is 0 Å². The Kier molecular flexibility index (Phi) is 6.11. The number of rotatable bonds is 6.